The van der Waals surface area contributed by atoms with Crippen molar-refractivity contribution in [1.82, 2.24) is 24.8 Å². The lowest BCUT2D eigenvalue weighted by molar-refractivity contribution is -0.00103. The molecule has 0 saturated carbocycles. The number of alkyl carbamates (subject to hydrolysis) is 1. The van der Waals surface area contributed by atoms with E-state index < -0.39 is 6.09 Å². The van der Waals surface area contributed by atoms with Crippen molar-refractivity contribution in [1.29, 1.82) is 0 Å². The van der Waals surface area contributed by atoms with Gasteiger partial charge in [0.25, 0.3) is 5.91 Å². The molecule has 8 nitrogen and oxygen atoms in total. The molecule has 4 heterocycles. The average molecular weight is 343 g/mol. The molecular formula is C17H21N5O3. The fraction of sp³-hybridized carbons (Fsp3) is 0.529. The Morgan fingerprint density at radius 1 is 1.40 bits per heavy atom. The molecule has 2 saturated heterocycles. The topological polar surface area (TPSA) is 88.8 Å². The minimum atomic E-state index is -0.406. The Hall–Kier alpha value is -2.64. The van der Waals surface area contributed by atoms with Crippen molar-refractivity contribution in [2.75, 3.05) is 19.7 Å². The van der Waals surface area contributed by atoms with Gasteiger partial charge in [0.15, 0.2) is 5.65 Å². The molecule has 132 valence electrons. The highest BCUT2D eigenvalue weighted by atomic mass is 16.6. The smallest absolute Gasteiger partial charge is 0.407 e. The third kappa shape index (κ3) is 2.71. The summed E-state index contributed by atoms with van der Waals surface area (Å²) in [7, 11) is 0. The molecule has 0 aromatic carbocycles. The highest BCUT2D eigenvalue weighted by Gasteiger charge is 2.48. The number of nitrogens with zero attached hydrogens (tertiary/aromatic N) is 4. The van der Waals surface area contributed by atoms with E-state index in [0.29, 0.717) is 36.8 Å². The first-order valence-corrected chi connectivity index (χ1v) is 8.54. The Labute approximate surface area is 145 Å². The highest BCUT2D eigenvalue weighted by molar-refractivity contribution is 6.00. The van der Waals surface area contributed by atoms with Gasteiger partial charge in [-0.25, -0.2) is 4.79 Å². The summed E-state index contributed by atoms with van der Waals surface area (Å²) in [4.78, 5) is 26.0. The molecule has 2 amide bonds. The van der Waals surface area contributed by atoms with Crippen LogP contribution in [0, 0.1) is 5.92 Å². The Morgan fingerprint density at radius 3 is 2.92 bits per heavy atom. The maximum atomic E-state index is 12.9. The monoisotopic (exact) mass is 343 g/mol. The zero-order valence-corrected chi connectivity index (χ0v) is 14.4. The normalized spacial score (nSPS) is 19.0. The Balaban J connectivity index is 1.55. The van der Waals surface area contributed by atoms with Crippen LogP contribution < -0.4 is 5.32 Å². The Kier molecular flexibility index (Phi) is 3.63. The second-order valence-electron chi connectivity index (χ2n) is 7.28. The fourth-order valence-electron chi connectivity index (χ4n) is 3.52. The fourth-order valence-corrected chi connectivity index (χ4v) is 3.52. The number of aromatic nitrogens is 3. The molecule has 8 heteroatoms. The number of rotatable bonds is 3. The van der Waals surface area contributed by atoms with Gasteiger partial charge in [0.2, 0.25) is 0 Å². The first-order valence-electron chi connectivity index (χ1n) is 8.54. The third-order valence-corrected chi connectivity index (χ3v) is 4.78. The van der Waals surface area contributed by atoms with Gasteiger partial charge in [-0.05, 0) is 18.1 Å². The van der Waals surface area contributed by atoms with Crippen LogP contribution in [0.4, 0.5) is 4.79 Å². The van der Waals surface area contributed by atoms with Crippen LogP contribution in [0.15, 0.2) is 18.3 Å². The van der Waals surface area contributed by atoms with Gasteiger partial charge in [0, 0.05) is 32.1 Å². The number of carbonyl (C=O) groups is 2. The van der Waals surface area contributed by atoms with Gasteiger partial charge in [0.1, 0.15) is 5.82 Å². The molecule has 1 N–H and O–H groups in total. The maximum absolute atomic E-state index is 12.9. The maximum Gasteiger partial charge on any atom is 0.407 e. The van der Waals surface area contributed by atoms with Gasteiger partial charge in [-0.3, -0.25) is 9.20 Å². The molecule has 2 aliphatic rings. The summed E-state index contributed by atoms with van der Waals surface area (Å²) in [5.41, 5.74) is 0.783. The number of fused-ring (bicyclic) bond motifs is 1. The number of cyclic esters (lactones) is 1. The molecule has 4 rings (SSSR count). The number of likely N-dealkylation sites (tertiary alicyclic amines) is 1. The summed E-state index contributed by atoms with van der Waals surface area (Å²) in [6, 6.07) is 3.62. The van der Waals surface area contributed by atoms with Crippen molar-refractivity contribution in [2.24, 2.45) is 5.92 Å². The van der Waals surface area contributed by atoms with E-state index in [1.54, 1.807) is 11.0 Å². The summed E-state index contributed by atoms with van der Waals surface area (Å²) >= 11 is 0. The van der Waals surface area contributed by atoms with Crippen LogP contribution in [0.2, 0.25) is 0 Å². The van der Waals surface area contributed by atoms with E-state index in [1.807, 2.05) is 16.7 Å². The third-order valence-electron chi connectivity index (χ3n) is 4.78. The molecule has 2 aromatic heterocycles. The van der Waals surface area contributed by atoms with E-state index >= 15 is 0 Å². The van der Waals surface area contributed by atoms with Gasteiger partial charge < -0.3 is 15.0 Å². The summed E-state index contributed by atoms with van der Waals surface area (Å²) in [6.07, 6.45) is 3.00. The number of hydrogen-bond donors (Lipinski definition) is 1. The predicted molar refractivity (Wildman–Crippen MR) is 89.3 cm³/mol. The standard InChI is InChI=1S/C17H21N5O3/c1-11(2)8-13-19-20-14-12(4-3-6-22(13)14)15(23)21-9-17(10-21)5-7-25-16(24)18-17/h3-4,6,11H,5,7-10H2,1-2H3,(H,18,24). The lowest BCUT2D eigenvalue weighted by Crippen LogP contribution is -2.73. The Morgan fingerprint density at radius 2 is 2.20 bits per heavy atom. The molecule has 0 aliphatic carbocycles. The lowest BCUT2D eigenvalue weighted by atomic mass is 9.85. The van der Waals surface area contributed by atoms with Crippen molar-refractivity contribution in [3.63, 3.8) is 0 Å². The zero-order chi connectivity index (χ0) is 17.6. The zero-order valence-electron chi connectivity index (χ0n) is 14.4. The average Bonchev–Trinajstić information content (AvgIpc) is 2.94. The molecule has 0 atom stereocenters. The summed E-state index contributed by atoms with van der Waals surface area (Å²) in [6.45, 7) is 5.63. The number of carbonyl (C=O) groups excluding carboxylic acids is 2. The van der Waals surface area contributed by atoms with E-state index in [0.717, 1.165) is 18.7 Å². The van der Waals surface area contributed by atoms with Gasteiger partial charge in [0.05, 0.1) is 17.7 Å². The van der Waals surface area contributed by atoms with Gasteiger partial charge in [-0.1, -0.05) is 13.8 Å². The van der Waals surface area contributed by atoms with E-state index in [2.05, 4.69) is 29.4 Å². The molecule has 1 spiro atoms. The SMILES string of the molecule is CC(C)Cc1nnc2c(C(=O)N3CC4(CCOC(=O)N4)C3)cccn12. The van der Waals surface area contributed by atoms with Crippen LogP contribution in [0.5, 0.6) is 0 Å². The summed E-state index contributed by atoms with van der Waals surface area (Å²) in [5.74, 6) is 1.23. The lowest BCUT2D eigenvalue weighted by Gasteiger charge is -2.51. The molecule has 0 unspecified atom stereocenters. The van der Waals surface area contributed by atoms with Crippen molar-refractivity contribution >= 4 is 17.6 Å². The van der Waals surface area contributed by atoms with Crippen molar-refractivity contribution in [3.8, 4) is 0 Å². The van der Waals surface area contributed by atoms with E-state index in [-0.39, 0.29) is 11.4 Å². The molecule has 25 heavy (non-hydrogen) atoms. The predicted octanol–water partition coefficient (Wildman–Crippen LogP) is 1.25. The van der Waals surface area contributed by atoms with Crippen molar-refractivity contribution < 1.29 is 14.3 Å². The Bertz CT molecular complexity index is 838. The molecule has 2 aromatic rings. The van der Waals surface area contributed by atoms with Crippen LogP contribution in [-0.2, 0) is 11.2 Å². The van der Waals surface area contributed by atoms with Crippen LogP contribution in [0.3, 0.4) is 0 Å². The molecular weight excluding hydrogens is 322 g/mol. The highest BCUT2D eigenvalue weighted by Crippen LogP contribution is 2.29. The van der Waals surface area contributed by atoms with Crippen LogP contribution in [-0.4, -0.2) is 56.7 Å². The molecule has 0 radical (unpaired) electrons. The molecule has 2 fully saturated rings. The van der Waals surface area contributed by atoms with Crippen LogP contribution in [0.1, 0.15) is 36.5 Å². The largest absolute Gasteiger partial charge is 0.449 e. The summed E-state index contributed by atoms with van der Waals surface area (Å²) in [5, 5.41) is 11.3. The number of pyridine rings is 1. The number of hydrogen-bond acceptors (Lipinski definition) is 5. The van der Waals surface area contributed by atoms with Crippen LogP contribution in [0.25, 0.3) is 5.65 Å². The van der Waals surface area contributed by atoms with Gasteiger partial charge >= 0.3 is 6.09 Å². The van der Waals surface area contributed by atoms with E-state index in [9.17, 15) is 9.59 Å². The number of ether oxygens (including phenoxy) is 1. The second-order valence-corrected chi connectivity index (χ2v) is 7.28. The van der Waals surface area contributed by atoms with Crippen molar-refractivity contribution in [2.45, 2.75) is 32.2 Å². The minimum absolute atomic E-state index is 0.0829. The van der Waals surface area contributed by atoms with E-state index in [4.69, 9.17) is 4.74 Å². The second kappa shape index (κ2) is 5.72. The quantitative estimate of drug-likeness (QED) is 0.906. The number of amides is 2. The minimum Gasteiger partial charge on any atom is -0.449 e. The first kappa shape index (κ1) is 15.9. The van der Waals surface area contributed by atoms with Crippen LogP contribution >= 0.6 is 0 Å². The molecule has 2 aliphatic heterocycles. The molecule has 0 bridgehead atoms. The first-order chi connectivity index (χ1) is 12.0. The van der Waals surface area contributed by atoms with Crippen molar-refractivity contribution in [3.05, 3.63) is 29.7 Å². The van der Waals surface area contributed by atoms with Gasteiger partial charge in [-0.15, -0.1) is 10.2 Å². The van der Waals surface area contributed by atoms with E-state index in [1.165, 1.54) is 0 Å². The van der Waals surface area contributed by atoms with Gasteiger partial charge in [-0.2, -0.15) is 0 Å². The number of nitrogens with one attached hydrogen (secondary N) is 1. The summed E-state index contributed by atoms with van der Waals surface area (Å²) < 4.78 is 6.79.